The van der Waals surface area contributed by atoms with Gasteiger partial charge in [0.2, 0.25) is 0 Å². The number of fused-ring (bicyclic) bond motifs is 1. The molecule has 2 fully saturated rings. The van der Waals surface area contributed by atoms with E-state index in [0.29, 0.717) is 0 Å². The molecule has 14 nitrogen and oxygen atoms in total. The van der Waals surface area contributed by atoms with Crippen LogP contribution in [0, 0.1) is 5.41 Å². The summed E-state index contributed by atoms with van der Waals surface area (Å²) in [6, 6.07) is 0.413. The van der Waals surface area contributed by atoms with Crippen LogP contribution in [0.3, 0.4) is 0 Å². The van der Waals surface area contributed by atoms with Crippen molar-refractivity contribution in [3.8, 4) is 5.95 Å². The molecule has 31 heavy (non-hydrogen) atoms. The van der Waals surface area contributed by atoms with Crippen LogP contribution in [0.15, 0.2) is 21.1 Å². The Hall–Kier alpha value is -3.53. The lowest BCUT2D eigenvalue weighted by atomic mass is 10.0. The van der Waals surface area contributed by atoms with E-state index in [0.717, 1.165) is 11.3 Å². The topological polar surface area (TPSA) is 212 Å². The predicted molar refractivity (Wildman–Crippen MR) is 107 cm³/mol. The number of thiazole rings is 1. The molecule has 2 aromatic heterocycles. The zero-order valence-electron chi connectivity index (χ0n) is 15.9. The number of rotatable bonds is 9. The Morgan fingerprint density at radius 2 is 2.29 bits per heavy atom. The molecular weight excluding hydrogens is 452 g/mol. The van der Waals surface area contributed by atoms with Crippen molar-refractivity contribution in [2.45, 2.75) is 17.8 Å². The second-order valence-electron chi connectivity index (χ2n) is 6.48. The Morgan fingerprint density at radius 3 is 2.87 bits per heavy atom. The maximum Gasteiger partial charge on any atom is 0.312 e. The molecule has 4 heterocycles. The van der Waals surface area contributed by atoms with Crippen LogP contribution in [-0.2, 0) is 25.4 Å². The second kappa shape index (κ2) is 7.62. The lowest BCUT2D eigenvalue weighted by molar-refractivity contribution is -0.139. The number of nitrogens with two attached hydrogens (primary N) is 2. The van der Waals surface area contributed by atoms with Crippen LogP contribution in [0.4, 0.5) is 5.13 Å². The number of anilines is 1. The molecule has 4 rings (SSSR count). The quantitative estimate of drug-likeness (QED) is 0.0836. The van der Waals surface area contributed by atoms with Crippen molar-refractivity contribution in [3.05, 3.63) is 22.8 Å². The number of carbonyl (C=O) groups is 2. The van der Waals surface area contributed by atoms with Crippen LogP contribution in [-0.4, -0.2) is 66.1 Å². The van der Waals surface area contributed by atoms with E-state index in [2.05, 4.69) is 20.6 Å². The third-order valence-electron chi connectivity index (χ3n) is 4.47. The first-order chi connectivity index (χ1) is 14.7. The van der Waals surface area contributed by atoms with E-state index in [9.17, 15) is 13.8 Å². The van der Waals surface area contributed by atoms with Crippen molar-refractivity contribution in [1.29, 1.82) is 5.41 Å². The number of hydrogen-bond acceptors (Lipinski definition) is 12. The average molecular weight is 468 g/mol. The number of amidine groups is 1. The number of amides is 2. The summed E-state index contributed by atoms with van der Waals surface area (Å²) in [5.41, 5.74) is 11.0. The fourth-order valence-electron chi connectivity index (χ4n) is 2.80. The molecule has 164 valence electrons. The molecule has 1 unspecified atom stereocenters. The van der Waals surface area contributed by atoms with Gasteiger partial charge in [0.05, 0.1) is 6.07 Å². The number of carbonyl (C=O) groups excluding carboxylic acids is 2. The van der Waals surface area contributed by atoms with Gasteiger partial charge in [0, 0.05) is 5.38 Å². The number of nitrogens with zero attached hydrogens (tertiary/aromatic N) is 4. The fourth-order valence-corrected chi connectivity index (χ4v) is 4.77. The van der Waals surface area contributed by atoms with Crippen molar-refractivity contribution in [2.75, 3.05) is 18.9 Å². The minimum absolute atomic E-state index is 0.0166. The summed E-state index contributed by atoms with van der Waals surface area (Å²) in [5, 5.41) is 18.8. The highest BCUT2D eigenvalue weighted by molar-refractivity contribution is 7.92. The van der Waals surface area contributed by atoms with Gasteiger partial charge in [0.1, 0.15) is 24.2 Å². The normalized spacial score (nSPS) is 24.2. The van der Waals surface area contributed by atoms with Crippen LogP contribution in [0.5, 0.6) is 5.95 Å². The zero-order chi connectivity index (χ0) is 22.3. The molecule has 0 radical (unpaired) electrons. The SMILES string of the molecule is C[C@]12[C@@H](NC(=O)/C(=N\OCCOc3cc(C(=N)N)no3)c3csc(N)n3)C(=O)N1S2=O. The van der Waals surface area contributed by atoms with Crippen molar-refractivity contribution < 1.29 is 27.9 Å². The number of aromatic nitrogens is 2. The lowest BCUT2D eigenvalue weighted by Gasteiger charge is -2.29. The molecule has 16 heteroatoms. The van der Waals surface area contributed by atoms with Crippen LogP contribution in [0.2, 0.25) is 0 Å². The third kappa shape index (κ3) is 3.59. The van der Waals surface area contributed by atoms with Crippen molar-refractivity contribution in [2.24, 2.45) is 10.9 Å². The molecule has 2 aliphatic rings. The number of oxime groups is 1. The number of nitrogen functional groups attached to an aromatic ring is 2. The summed E-state index contributed by atoms with van der Waals surface area (Å²) in [7, 11) is -1.45. The van der Waals surface area contributed by atoms with Crippen molar-refractivity contribution in [3.63, 3.8) is 0 Å². The van der Waals surface area contributed by atoms with Crippen LogP contribution < -0.4 is 21.5 Å². The van der Waals surface area contributed by atoms with E-state index >= 15 is 0 Å². The Kier molecular flexibility index (Phi) is 5.10. The molecule has 0 saturated carbocycles. The average Bonchev–Trinajstić information content (AvgIpc) is 3.16. The Balaban J connectivity index is 1.37. The Bertz CT molecular complexity index is 1130. The summed E-state index contributed by atoms with van der Waals surface area (Å²) in [6.45, 7) is 1.52. The van der Waals surface area contributed by atoms with E-state index in [1.807, 2.05) is 0 Å². The van der Waals surface area contributed by atoms with Gasteiger partial charge in [-0.05, 0) is 6.92 Å². The van der Waals surface area contributed by atoms with Crippen LogP contribution in [0.25, 0.3) is 0 Å². The summed E-state index contributed by atoms with van der Waals surface area (Å²) in [4.78, 5) is 32.9. The van der Waals surface area contributed by atoms with Crippen molar-refractivity contribution in [1.82, 2.24) is 19.8 Å². The summed E-state index contributed by atoms with van der Waals surface area (Å²) >= 11 is 1.10. The van der Waals surface area contributed by atoms with Crippen LogP contribution >= 0.6 is 11.3 Å². The molecule has 2 saturated heterocycles. The minimum atomic E-state index is -1.45. The molecule has 3 atom stereocenters. The molecule has 0 bridgehead atoms. The number of hydrogen-bond donors (Lipinski definition) is 4. The molecular formula is C15H16N8O6S2. The predicted octanol–water partition coefficient (Wildman–Crippen LogP) is -1.48. The van der Waals surface area contributed by atoms with Gasteiger partial charge < -0.3 is 30.9 Å². The third-order valence-corrected chi connectivity index (χ3v) is 6.98. The van der Waals surface area contributed by atoms with E-state index in [4.69, 9.17) is 31.0 Å². The first kappa shape index (κ1) is 20.7. The van der Waals surface area contributed by atoms with E-state index in [-0.39, 0.29) is 47.2 Å². The highest BCUT2D eigenvalue weighted by Gasteiger charge is 2.78. The standard InChI is InChI=1S/C15H16N8O6S2/c1-15-10(13(25)23(15)31(15)26)20-12(24)9(7-5-30-14(18)19-7)22-28-3-2-27-8-4-6(11(16)17)21-29-8/h4-5,10H,2-3H2,1H3,(H3,16,17)(H2,18,19)(H,20,24)/b22-9-/t10-,15-,23?,31?/m0/s1. The number of β-lactam (4-membered cyclic amide) rings is 1. The molecule has 0 aromatic carbocycles. The molecule has 0 spiro atoms. The van der Waals surface area contributed by atoms with E-state index in [1.165, 1.54) is 15.8 Å². The maximum atomic E-state index is 12.7. The summed E-state index contributed by atoms with van der Waals surface area (Å²) in [6.07, 6.45) is 0. The monoisotopic (exact) mass is 468 g/mol. The maximum absolute atomic E-state index is 12.7. The van der Waals surface area contributed by atoms with Crippen LogP contribution in [0.1, 0.15) is 18.3 Å². The highest BCUT2D eigenvalue weighted by Crippen LogP contribution is 2.52. The van der Waals surface area contributed by atoms with Gasteiger partial charge in [0.15, 0.2) is 39.0 Å². The van der Waals surface area contributed by atoms with Gasteiger partial charge in [-0.1, -0.05) is 10.3 Å². The highest BCUT2D eigenvalue weighted by atomic mass is 32.2. The Labute approximate surface area is 180 Å². The zero-order valence-corrected chi connectivity index (χ0v) is 17.5. The molecule has 2 amide bonds. The Morgan fingerprint density at radius 1 is 1.52 bits per heavy atom. The van der Waals surface area contributed by atoms with Gasteiger partial charge in [-0.2, -0.15) is 0 Å². The fraction of sp³-hybridized carbons (Fsp3) is 0.333. The molecule has 2 aliphatic heterocycles. The van der Waals surface area contributed by atoms with E-state index in [1.54, 1.807) is 6.92 Å². The molecule has 0 aliphatic carbocycles. The van der Waals surface area contributed by atoms with Gasteiger partial charge in [-0.25, -0.2) is 13.5 Å². The number of nitrogens with one attached hydrogen (secondary N) is 2. The second-order valence-corrected chi connectivity index (χ2v) is 9.06. The summed E-state index contributed by atoms with van der Waals surface area (Å²) < 4.78 is 23.1. The van der Waals surface area contributed by atoms with Crippen molar-refractivity contribution >= 4 is 50.8 Å². The number of ether oxygens (including phenoxy) is 1. The minimum Gasteiger partial charge on any atom is -0.460 e. The summed E-state index contributed by atoms with van der Waals surface area (Å²) in [5.74, 6) is -1.40. The van der Waals surface area contributed by atoms with Gasteiger partial charge in [0.25, 0.3) is 11.8 Å². The van der Waals surface area contributed by atoms with Gasteiger partial charge in [-0.3, -0.25) is 15.0 Å². The first-order valence-electron chi connectivity index (χ1n) is 8.65. The smallest absolute Gasteiger partial charge is 0.312 e. The first-order valence-corrected chi connectivity index (χ1v) is 10.6. The van der Waals surface area contributed by atoms with Gasteiger partial charge in [-0.15, -0.1) is 11.3 Å². The van der Waals surface area contributed by atoms with Gasteiger partial charge >= 0.3 is 5.95 Å². The molecule has 6 N–H and O–H groups in total. The van der Waals surface area contributed by atoms with E-state index < -0.39 is 33.7 Å². The largest absolute Gasteiger partial charge is 0.460 e. The molecule has 2 aromatic rings. The lowest BCUT2D eigenvalue weighted by Crippen LogP contribution is -2.62.